The van der Waals surface area contributed by atoms with Gasteiger partial charge in [0, 0.05) is 18.2 Å². The van der Waals surface area contributed by atoms with Gasteiger partial charge in [-0.2, -0.15) is 0 Å². The molecule has 1 aromatic carbocycles. The lowest BCUT2D eigenvalue weighted by Gasteiger charge is -2.17. The molecule has 5 heteroatoms. The summed E-state index contributed by atoms with van der Waals surface area (Å²) in [7, 11) is 1.61. The molecule has 3 heterocycles. The van der Waals surface area contributed by atoms with Crippen molar-refractivity contribution in [3.63, 3.8) is 0 Å². The molecule has 0 radical (unpaired) electrons. The van der Waals surface area contributed by atoms with Crippen LogP contribution in [0.15, 0.2) is 41.4 Å². The number of methoxy groups -OCH3 is 1. The number of ether oxygens (including phenoxy) is 1. The van der Waals surface area contributed by atoms with Crippen LogP contribution in [0.5, 0.6) is 5.88 Å². The number of nitrogens with zero attached hydrogens (tertiary/aromatic N) is 3. The number of benzene rings is 1. The smallest absolute Gasteiger partial charge is 0.248 e. The average Bonchev–Trinajstić information content (AvgIpc) is 2.93. The molecule has 0 N–H and O–H groups in total. The highest BCUT2D eigenvalue weighted by Crippen LogP contribution is 2.36. The predicted molar refractivity (Wildman–Crippen MR) is 83.8 cm³/mol. The molecule has 2 aliphatic heterocycles. The number of carbonyl (C=O) groups is 1. The van der Waals surface area contributed by atoms with Gasteiger partial charge >= 0.3 is 0 Å². The van der Waals surface area contributed by atoms with Gasteiger partial charge in [0.15, 0.2) is 0 Å². The fraction of sp³-hybridized carbons (Fsp3) is 0.235. The third kappa shape index (κ3) is 1.89. The Labute approximate surface area is 128 Å². The van der Waals surface area contributed by atoms with E-state index in [0.29, 0.717) is 12.4 Å². The van der Waals surface area contributed by atoms with Crippen LogP contribution in [0.4, 0.5) is 5.69 Å². The van der Waals surface area contributed by atoms with Crippen LogP contribution in [0.25, 0.3) is 0 Å². The molecule has 1 amide bonds. The minimum atomic E-state index is 0.0258. The Bertz CT molecular complexity index is 784. The fourth-order valence-corrected chi connectivity index (χ4v) is 3.05. The summed E-state index contributed by atoms with van der Waals surface area (Å²) in [5.74, 6) is 0.589. The molecule has 0 atom stereocenters. The number of aromatic nitrogens is 1. The Balaban J connectivity index is 1.98. The average molecular weight is 293 g/mol. The van der Waals surface area contributed by atoms with Crippen LogP contribution < -0.4 is 9.64 Å². The van der Waals surface area contributed by atoms with Gasteiger partial charge in [-0.05, 0) is 12.0 Å². The molecule has 0 fully saturated rings. The van der Waals surface area contributed by atoms with E-state index in [4.69, 9.17) is 4.74 Å². The Morgan fingerprint density at radius 1 is 1.23 bits per heavy atom. The third-order valence-corrected chi connectivity index (χ3v) is 4.08. The first-order valence-electron chi connectivity index (χ1n) is 7.26. The molecule has 22 heavy (non-hydrogen) atoms. The molecule has 0 spiro atoms. The summed E-state index contributed by atoms with van der Waals surface area (Å²) >= 11 is 0. The summed E-state index contributed by atoms with van der Waals surface area (Å²) in [6.45, 7) is 0.843. The topological polar surface area (TPSA) is 54.8 Å². The minimum absolute atomic E-state index is 0.0258. The summed E-state index contributed by atoms with van der Waals surface area (Å²) < 4.78 is 5.32. The van der Waals surface area contributed by atoms with Crippen LogP contribution in [0, 0.1) is 0 Å². The lowest BCUT2D eigenvalue weighted by atomic mass is 10.0. The molecule has 110 valence electrons. The molecule has 0 saturated carbocycles. The van der Waals surface area contributed by atoms with E-state index in [0.717, 1.165) is 34.6 Å². The second-order valence-electron chi connectivity index (χ2n) is 5.35. The number of amides is 1. The van der Waals surface area contributed by atoms with Crippen molar-refractivity contribution < 1.29 is 9.53 Å². The zero-order valence-corrected chi connectivity index (χ0v) is 12.2. The van der Waals surface area contributed by atoms with Gasteiger partial charge in [0.1, 0.15) is 12.2 Å². The number of anilines is 1. The van der Waals surface area contributed by atoms with Crippen molar-refractivity contribution in [1.29, 1.82) is 0 Å². The van der Waals surface area contributed by atoms with Gasteiger partial charge in [0.2, 0.25) is 11.8 Å². The summed E-state index contributed by atoms with van der Waals surface area (Å²) in [4.78, 5) is 23.2. The maximum Gasteiger partial charge on any atom is 0.248 e. The highest BCUT2D eigenvalue weighted by atomic mass is 16.5. The summed E-state index contributed by atoms with van der Waals surface area (Å²) in [5, 5.41) is 0. The summed E-state index contributed by atoms with van der Waals surface area (Å²) in [5.41, 5.74) is 4.45. The Morgan fingerprint density at radius 3 is 2.82 bits per heavy atom. The van der Waals surface area contributed by atoms with E-state index in [-0.39, 0.29) is 12.5 Å². The van der Waals surface area contributed by atoms with E-state index >= 15 is 0 Å². The number of hydrogen-bond donors (Lipinski definition) is 0. The van der Waals surface area contributed by atoms with Gasteiger partial charge in [-0.25, -0.2) is 4.98 Å². The second-order valence-corrected chi connectivity index (χ2v) is 5.35. The van der Waals surface area contributed by atoms with Crippen molar-refractivity contribution in [3.8, 4) is 5.88 Å². The molecule has 2 aromatic rings. The molecule has 4 rings (SSSR count). The van der Waals surface area contributed by atoms with Crippen LogP contribution in [0.3, 0.4) is 0 Å². The monoisotopic (exact) mass is 293 g/mol. The SMILES string of the molecule is COc1cc2c3c(n1)C(c1ccccc1)=NCC(=O)N3CC2. The van der Waals surface area contributed by atoms with E-state index in [9.17, 15) is 4.79 Å². The maximum atomic E-state index is 12.3. The number of hydrogen-bond acceptors (Lipinski definition) is 4. The van der Waals surface area contributed by atoms with E-state index in [2.05, 4.69) is 9.98 Å². The fourth-order valence-electron chi connectivity index (χ4n) is 3.05. The summed E-state index contributed by atoms with van der Waals surface area (Å²) in [6, 6.07) is 11.8. The third-order valence-electron chi connectivity index (χ3n) is 4.08. The second kappa shape index (κ2) is 4.94. The number of pyridine rings is 1. The van der Waals surface area contributed by atoms with Crippen molar-refractivity contribution in [1.82, 2.24) is 4.98 Å². The van der Waals surface area contributed by atoms with Gasteiger partial charge in [0.25, 0.3) is 0 Å². The molecule has 0 unspecified atom stereocenters. The number of aliphatic imine (C=N–C) groups is 1. The van der Waals surface area contributed by atoms with E-state index in [1.54, 1.807) is 12.0 Å². The molecule has 2 aliphatic rings. The Kier molecular flexibility index (Phi) is 2.92. The van der Waals surface area contributed by atoms with Crippen molar-refractivity contribution in [3.05, 3.63) is 53.2 Å². The molecule has 1 aromatic heterocycles. The van der Waals surface area contributed by atoms with Crippen LogP contribution in [0.1, 0.15) is 16.8 Å². The van der Waals surface area contributed by atoms with Crippen molar-refractivity contribution in [2.24, 2.45) is 4.99 Å². The lowest BCUT2D eigenvalue weighted by Crippen LogP contribution is -2.30. The van der Waals surface area contributed by atoms with Crippen LogP contribution >= 0.6 is 0 Å². The Hall–Kier alpha value is -2.69. The predicted octanol–water partition coefficient (Wildman–Crippen LogP) is 1.83. The molecular weight excluding hydrogens is 278 g/mol. The number of rotatable bonds is 2. The van der Waals surface area contributed by atoms with E-state index in [1.165, 1.54) is 0 Å². The lowest BCUT2D eigenvalue weighted by molar-refractivity contribution is -0.117. The standard InChI is InChI=1S/C17H15N3O2/c1-22-13-9-12-7-8-20-14(21)10-18-15(16(19-13)17(12)20)11-5-3-2-4-6-11/h2-6,9H,7-8,10H2,1H3. The van der Waals surface area contributed by atoms with Crippen molar-refractivity contribution in [2.45, 2.75) is 6.42 Å². The first-order chi connectivity index (χ1) is 10.8. The number of carbonyl (C=O) groups excluding carboxylic acids is 1. The van der Waals surface area contributed by atoms with Gasteiger partial charge < -0.3 is 9.64 Å². The van der Waals surface area contributed by atoms with Gasteiger partial charge in [-0.1, -0.05) is 30.3 Å². The summed E-state index contributed by atoms with van der Waals surface area (Å²) in [6.07, 6.45) is 0.828. The van der Waals surface area contributed by atoms with Crippen LogP contribution in [0.2, 0.25) is 0 Å². The molecule has 0 saturated heterocycles. The highest BCUT2D eigenvalue weighted by Gasteiger charge is 2.33. The van der Waals surface area contributed by atoms with E-state index < -0.39 is 0 Å². The van der Waals surface area contributed by atoms with Crippen molar-refractivity contribution >= 4 is 17.3 Å². The van der Waals surface area contributed by atoms with E-state index in [1.807, 2.05) is 36.4 Å². The van der Waals surface area contributed by atoms with Gasteiger partial charge in [0.05, 0.1) is 18.5 Å². The Morgan fingerprint density at radius 2 is 2.05 bits per heavy atom. The first-order valence-corrected chi connectivity index (χ1v) is 7.26. The highest BCUT2D eigenvalue weighted by molar-refractivity contribution is 6.19. The largest absolute Gasteiger partial charge is 0.481 e. The minimum Gasteiger partial charge on any atom is -0.481 e. The zero-order valence-electron chi connectivity index (χ0n) is 12.2. The molecule has 5 nitrogen and oxygen atoms in total. The van der Waals surface area contributed by atoms with Crippen molar-refractivity contribution in [2.75, 3.05) is 25.1 Å². The normalized spacial score (nSPS) is 16.1. The zero-order chi connectivity index (χ0) is 15.1. The van der Waals surface area contributed by atoms with Gasteiger partial charge in [-0.15, -0.1) is 0 Å². The van der Waals surface area contributed by atoms with Crippen LogP contribution in [-0.4, -0.2) is 36.8 Å². The maximum absolute atomic E-state index is 12.3. The molecule has 0 bridgehead atoms. The molecule has 0 aliphatic carbocycles. The molecular formula is C17H15N3O2. The quantitative estimate of drug-likeness (QED) is 0.849. The van der Waals surface area contributed by atoms with Crippen LogP contribution in [-0.2, 0) is 11.2 Å². The van der Waals surface area contributed by atoms with Gasteiger partial charge in [-0.3, -0.25) is 9.79 Å². The first kappa shape index (κ1) is 13.0.